The minimum atomic E-state index is -0.230. The number of hydrogen-bond acceptors (Lipinski definition) is 4. The molecular weight excluding hydrogens is 261 g/mol. The number of benzene rings is 1. The zero-order valence-electron chi connectivity index (χ0n) is 11.2. The second-order valence-corrected chi connectivity index (χ2v) is 6.29. The van der Waals surface area contributed by atoms with Crippen LogP contribution in [0.1, 0.15) is 19.8 Å². The number of likely N-dealkylation sites (N-methyl/N-ethyl adjacent to an activating group) is 1. The Morgan fingerprint density at radius 2 is 2.32 bits per heavy atom. The van der Waals surface area contributed by atoms with Crippen molar-refractivity contribution in [3.63, 3.8) is 0 Å². The van der Waals surface area contributed by atoms with Crippen LogP contribution in [0.15, 0.2) is 18.2 Å². The molecule has 0 amide bonds. The smallest absolute Gasteiger partial charge is 0.183 e. The van der Waals surface area contributed by atoms with Crippen molar-refractivity contribution in [2.45, 2.75) is 31.8 Å². The van der Waals surface area contributed by atoms with Crippen LogP contribution in [0.5, 0.6) is 0 Å². The van der Waals surface area contributed by atoms with E-state index in [9.17, 15) is 4.39 Å². The molecule has 0 aliphatic heterocycles. The molecule has 0 radical (unpaired) electrons. The molecule has 3 rings (SSSR count). The van der Waals surface area contributed by atoms with Crippen LogP contribution in [-0.2, 0) is 0 Å². The average molecular weight is 279 g/mol. The summed E-state index contributed by atoms with van der Waals surface area (Å²) in [6.45, 7) is 3.09. The largest absolute Gasteiger partial charge is 0.360 e. The first-order valence-electron chi connectivity index (χ1n) is 6.65. The predicted molar refractivity (Wildman–Crippen MR) is 78.3 cm³/mol. The molecule has 0 spiro atoms. The Kier molecular flexibility index (Phi) is 3.41. The molecule has 1 aliphatic carbocycles. The van der Waals surface area contributed by atoms with E-state index in [1.54, 1.807) is 17.4 Å². The van der Waals surface area contributed by atoms with E-state index in [0.29, 0.717) is 6.04 Å². The van der Waals surface area contributed by atoms with Crippen molar-refractivity contribution in [1.29, 1.82) is 0 Å². The molecule has 2 aromatic rings. The summed E-state index contributed by atoms with van der Waals surface area (Å²) >= 11 is 1.58. The molecule has 1 aliphatic rings. The summed E-state index contributed by atoms with van der Waals surface area (Å²) in [5.74, 6) is -0.230. The Morgan fingerprint density at radius 3 is 3.05 bits per heavy atom. The van der Waals surface area contributed by atoms with Gasteiger partial charge in [-0.1, -0.05) is 11.3 Å². The lowest BCUT2D eigenvalue weighted by molar-refractivity contribution is 0.257. The van der Waals surface area contributed by atoms with Crippen molar-refractivity contribution in [3.8, 4) is 0 Å². The van der Waals surface area contributed by atoms with Gasteiger partial charge in [0, 0.05) is 24.7 Å². The molecule has 5 heteroatoms. The van der Waals surface area contributed by atoms with Crippen LogP contribution >= 0.6 is 11.3 Å². The van der Waals surface area contributed by atoms with Gasteiger partial charge in [-0.05, 0) is 38.9 Å². The molecule has 1 fully saturated rings. The molecule has 1 N–H and O–H groups in total. The molecule has 1 heterocycles. The topological polar surface area (TPSA) is 28.2 Å². The van der Waals surface area contributed by atoms with E-state index >= 15 is 0 Å². The van der Waals surface area contributed by atoms with Crippen LogP contribution in [0.2, 0.25) is 0 Å². The van der Waals surface area contributed by atoms with Gasteiger partial charge in [0.25, 0.3) is 0 Å². The summed E-state index contributed by atoms with van der Waals surface area (Å²) in [5.41, 5.74) is 0.732. The monoisotopic (exact) mass is 279 g/mol. The molecule has 1 saturated carbocycles. The molecule has 1 aromatic carbocycles. The van der Waals surface area contributed by atoms with Crippen molar-refractivity contribution in [2.24, 2.45) is 0 Å². The van der Waals surface area contributed by atoms with Crippen molar-refractivity contribution >= 4 is 26.7 Å². The van der Waals surface area contributed by atoms with Crippen LogP contribution in [0, 0.1) is 5.82 Å². The highest BCUT2D eigenvalue weighted by Gasteiger charge is 2.28. The molecule has 1 aromatic heterocycles. The number of nitrogens with zero attached hydrogens (tertiary/aromatic N) is 2. The molecular formula is C14H18FN3S. The van der Waals surface area contributed by atoms with Gasteiger partial charge >= 0.3 is 0 Å². The average Bonchev–Trinajstić information content (AvgIpc) is 3.16. The van der Waals surface area contributed by atoms with Gasteiger partial charge in [0.05, 0.1) is 10.2 Å². The molecule has 102 valence electrons. The van der Waals surface area contributed by atoms with Gasteiger partial charge in [0.2, 0.25) is 0 Å². The Hall–Kier alpha value is -1.20. The number of rotatable bonds is 5. The minimum absolute atomic E-state index is 0.230. The van der Waals surface area contributed by atoms with Crippen LogP contribution in [0.3, 0.4) is 0 Å². The first-order valence-corrected chi connectivity index (χ1v) is 7.47. The molecule has 1 unspecified atom stereocenters. The summed E-state index contributed by atoms with van der Waals surface area (Å²) in [5, 5.41) is 4.23. The first kappa shape index (κ1) is 12.8. The molecule has 3 nitrogen and oxygen atoms in total. The third kappa shape index (κ3) is 2.87. The Bertz CT molecular complexity index is 579. The normalized spacial score (nSPS) is 17.1. The van der Waals surface area contributed by atoms with Crippen molar-refractivity contribution in [3.05, 3.63) is 24.0 Å². The lowest BCUT2D eigenvalue weighted by Crippen LogP contribution is -2.36. The van der Waals surface area contributed by atoms with Gasteiger partial charge < -0.3 is 5.32 Å². The SMILES string of the molecule is CC(CNc1nc2cc(F)ccc2s1)N(C)C1CC1. The van der Waals surface area contributed by atoms with Gasteiger partial charge in [0.1, 0.15) is 5.82 Å². The second-order valence-electron chi connectivity index (χ2n) is 5.26. The molecule has 0 saturated heterocycles. The fourth-order valence-corrected chi connectivity index (χ4v) is 3.05. The second kappa shape index (κ2) is 5.06. The molecule has 19 heavy (non-hydrogen) atoms. The fraction of sp³-hybridized carbons (Fsp3) is 0.500. The Balaban J connectivity index is 1.64. The zero-order chi connectivity index (χ0) is 13.4. The van der Waals surface area contributed by atoms with Crippen molar-refractivity contribution < 1.29 is 4.39 Å². The highest BCUT2D eigenvalue weighted by molar-refractivity contribution is 7.22. The number of nitrogens with one attached hydrogen (secondary N) is 1. The van der Waals surface area contributed by atoms with E-state index < -0.39 is 0 Å². The highest BCUT2D eigenvalue weighted by Crippen LogP contribution is 2.28. The zero-order valence-corrected chi connectivity index (χ0v) is 12.0. The summed E-state index contributed by atoms with van der Waals surface area (Å²) in [7, 11) is 2.18. The number of halogens is 1. The summed E-state index contributed by atoms with van der Waals surface area (Å²) in [4.78, 5) is 6.83. The third-order valence-corrected chi connectivity index (χ3v) is 4.71. The summed E-state index contributed by atoms with van der Waals surface area (Å²) in [6.07, 6.45) is 2.64. The van der Waals surface area contributed by atoms with E-state index in [-0.39, 0.29) is 5.82 Å². The maximum Gasteiger partial charge on any atom is 0.183 e. The van der Waals surface area contributed by atoms with Gasteiger partial charge in [-0.2, -0.15) is 0 Å². The lowest BCUT2D eigenvalue weighted by Gasteiger charge is -2.24. The maximum atomic E-state index is 13.1. The van der Waals surface area contributed by atoms with Crippen molar-refractivity contribution in [1.82, 2.24) is 9.88 Å². The summed E-state index contributed by atoms with van der Waals surface area (Å²) in [6, 6.07) is 6.00. The number of thiazole rings is 1. The van der Waals surface area contributed by atoms with Crippen LogP contribution < -0.4 is 5.32 Å². The first-order chi connectivity index (χ1) is 9.13. The molecule has 0 bridgehead atoms. The lowest BCUT2D eigenvalue weighted by atomic mass is 10.3. The third-order valence-electron chi connectivity index (χ3n) is 3.72. The van der Waals surface area contributed by atoms with Crippen LogP contribution in [-0.4, -0.2) is 35.6 Å². The van der Waals surface area contributed by atoms with E-state index in [1.165, 1.54) is 25.0 Å². The van der Waals surface area contributed by atoms with E-state index in [0.717, 1.165) is 27.9 Å². The Labute approximate surface area is 116 Å². The minimum Gasteiger partial charge on any atom is -0.360 e. The fourth-order valence-electron chi connectivity index (χ4n) is 2.20. The highest BCUT2D eigenvalue weighted by atomic mass is 32.1. The van der Waals surface area contributed by atoms with Crippen molar-refractivity contribution in [2.75, 3.05) is 18.9 Å². The van der Waals surface area contributed by atoms with Crippen LogP contribution in [0.25, 0.3) is 10.2 Å². The van der Waals surface area contributed by atoms with E-state index in [2.05, 4.69) is 29.2 Å². The van der Waals surface area contributed by atoms with E-state index in [1.807, 2.05) is 0 Å². The number of fused-ring (bicyclic) bond motifs is 1. The van der Waals surface area contributed by atoms with Gasteiger partial charge in [0.15, 0.2) is 5.13 Å². The molecule has 1 atom stereocenters. The van der Waals surface area contributed by atoms with E-state index in [4.69, 9.17) is 0 Å². The van der Waals surface area contributed by atoms with Crippen LogP contribution in [0.4, 0.5) is 9.52 Å². The number of aromatic nitrogens is 1. The number of anilines is 1. The predicted octanol–water partition coefficient (Wildman–Crippen LogP) is 3.33. The Morgan fingerprint density at radius 1 is 1.53 bits per heavy atom. The van der Waals surface area contributed by atoms with Gasteiger partial charge in [-0.15, -0.1) is 0 Å². The summed E-state index contributed by atoms with van der Waals surface area (Å²) < 4.78 is 14.1. The van der Waals surface area contributed by atoms with Gasteiger partial charge in [-0.25, -0.2) is 9.37 Å². The van der Waals surface area contributed by atoms with Gasteiger partial charge in [-0.3, -0.25) is 4.90 Å². The quantitative estimate of drug-likeness (QED) is 0.910. The number of hydrogen-bond donors (Lipinski definition) is 1. The standard InChI is InChI=1S/C14H18FN3S/c1-9(18(2)11-4-5-11)8-16-14-17-12-7-10(15)3-6-13(12)19-14/h3,6-7,9,11H,4-5,8H2,1-2H3,(H,16,17). The maximum absolute atomic E-state index is 13.1.